The second kappa shape index (κ2) is 10.4. The number of esters is 1. The molecule has 0 aliphatic carbocycles. The van der Waals surface area contributed by atoms with Crippen molar-refractivity contribution in [2.45, 2.75) is 38.8 Å². The minimum atomic E-state index is -0.595. The van der Waals surface area contributed by atoms with Gasteiger partial charge in [-0.2, -0.15) is 0 Å². The van der Waals surface area contributed by atoms with Crippen LogP contribution in [0.5, 0.6) is 5.75 Å². The Morgan fingerprint density at radius 3 is 3.04 bits per heavy atom. The molecule has 1 saturated heterocycles. The molecule has 1 aliphatic rings. The van der Waals surface area contributed by atoms with Crippen LogP contribution in [0.2, 0.25) is 0 Å². The van der Waals surface area contributed by atoms with E-state index < -0.39 is 6.10 Å². The van der Waals surface area contributed by atoms with E-state index in [1.807, 2.05) is 0 Å². The minimum absolute atomic E-state index is 0.182. The molecule has 0 bridgehead atoms. The van der Waals surface area contributed by atoms with Gasteiger partial charge in [0.2, 0.25) is 0 Å². The molecule has 0 saturated carbocycles. The van der Waals surface area contributed by atoms with Crippen LogP contribution in [0.25, 0.3) is 0 Å². The number of ether oxygens (including phenoxy) is 2. The molecule has 1 fully saturated rings. The Hall–Kier alpha value is -1.63. The van der Waals surface area contributed by atoms with E-state index >= 15 is 0 Å². The van der Waals surface area contributed by atoms with Gasteiger partial charge in [0.1, 0.15) is 18.5 Å². The Labute approximate surface area is 150 Å². The summed E-state index contributed by atoms with van der Waals surface area (Å²) in [6.07, 6.45) is 1.87. The zero-order valence-electron chi connectivity index (χ0n) is 15.2. The van der Waals surface area contributed by atoms with Gasteiger partial charge in [-0.1, -0.05) is 13.0 Å². The molecule has 2 atom stereocenters. The van der Waals surface area contributed by atoms with Crippen molar-refractivity contribution in [1.82, 2.24) is 10.2 Å². The van der Waals surface area contributed by atoms with Crippen molar-refractivity contribution in [2.75, 3.05) is 39.4 Å². The number of nitrogens with one attached hydrogen (secondary N) is 1. The first kappa shape index (κ1) is 19.7. The lowest BCUT2D eigenvalue weighted by molar-refractivity contribution is 0.0525. The molecule has 2 N–H and O–H groups in total. The van der Waals surface area contributed by atoms with Gasteiger partial charge in [-0.15, -0.1) is 0 Å². The predicted octanol–water partition coefficient (Wildman–Crippen LogP) is 1.68. The molecule has 25 heavy (non-hydrogen) atoms. The van der Waals surface area contributed by atoms with E-state index in [0.29, 0.717) is 30.5 Å². The van der Waals surface area contributed by atoms with Crippen molar-refractivity contribution in [1.29, 1.82) is 0 Å². The lowest BCUT2D eigenvalue weighted by atomic mass is 10.2. The van der Waals surface area contributed by atoms with Crippen LogP contribution in [0.1, 0.15) is 37.0 Å². The summed E-state index contributed by atoms with van der Waals surface area (Å²) in [6.45, 7) is 8.11. The smallest absolute Gasteiger partial charge is 0.338 e. The largest absolute Gasteiger partial charge is 0.491 e. The highest BCUT2D eigenvalue weighted by Gasteiger charge is 2.22. The van der Waals surface area contributed by atoms with Crippen molar-refractivity contribution in [3.8, 4) is 5.75 Å². The number of nitrogens with zero attached hydrogens (tertiary/aromatic N) is 1. The Morgan fingerprint density at radius 1 is 1.44 bits per heavy atom. The van der Waals surface area contributed by atoms with Crippen molar-refractivity contribution < 1.29 is 19.4 Å². The second-order valence-corrected chi connectivity index (χ2v) is 6.30. The van der Waals surface area contributed by atoms with Crippen LogP contribution in [-0.2, 0) is 4.74 Å². The average molecular weight is 350 g/mol. The molecule has 6 heteroatoms. The summed E-state index contributed by atoms with van der Waals surface area (Å²) < 4.78 is 10.6. The summed E-state index contributed by atoms with van der Waals surface area (Å²) in [5.74, 6) is 0.185. The van der Waals surface area contributed by atoms with Gasteiger partial charge in [0.05, 0.1) is 12.2 Å². The molecule has 6 nitrogen and oxygen atoms in total. The van der Waals surface area contributed by atoms with E-state index in [2.05, 4.69) is 17.1 Å². The number of benzene rings is 1. The summed E-state index contributed by atoms with van der Waals surface area (Å²) in [5.41, 5.74) is 0.452. The third-order valence-electron chi connectivity index (χ3n) is 4.45. The second-order valence-electron chi connectivity index (χ2n) is 6.30. The number of hydrogen-bond donors (Lipinski definition) is 2. The Bertz CT molecular complexity index is 538. The van der Waals surface area contributed by atoms with E-state index in [0.717, 1.165) is 13.1 Å². The zero-order valence-corrected chi connectivity index (χ0v) is 15.2. The van der Waals surface area contributed by atoms with Gasteiger partial charge < -0.3 is 19.9 Å². The maximum Gasteiger partial charge on any atom is 0.338 e. The molecule has 0 unspecified atom stereocenters. The molecule has 0 amide bonds. The SMILES string of the molecule is CCOC(=O)c1cccc(OC[C@H](O)CNC[C@H]2CCCN2CC)c1. The van der Waals surface area contributed by atoms with E-state index in [1.165, 1.54) is 19.4 Å². The van der Waals surface area contributed by atoms with E-state index in [1.54, 1.807) is 31.2 Å². The highest BCUT2D eigenvalue weighted by atomic mass is 16.5. The van der Waals surface area contributed by atoms with Crippen molar-refractivity contribution in [2.24, 2.45) is 0 Å². The van der Waals surface area contributed by atoms with Crippen LogP contribution in [-0.4, -0.2) is 67.5 Å². The quantitative estimate of drug-likeness (QED) is 0.626. The topological polar surface area (TPSA) is 71.0 Å². The maximum absolute atomic E-state index is 11.7. The maximum atomic E-state index is 11.7. The fraction of sp³-hybridized carbons (Fsp3) is 0.632. The van der Waals surface area contributed by atoms with Crippen LogP contribution >= 0.6 is 0 Å². The Kier molecular flexibility index (Phi) is 8.18. The molecule has 1 aliphatic heterocycles. The van der Waals surface area contributed by atoms with E-state index in [9.17, 15) is 9.90 Å². The monoisotopic (exact) mass is 350 g/mol. The molecule has 1 heterocycles. The normalized spacial score (nSPS) is 18.9. The van der Waals surface area contributed by atoms with Gasteiger partial charge in [0.15, 0.2) is 0 Å². The van der Waals surface area contributed by atoms with Gasteiger partial charge >= 0.3 is 5.97 Å². The predicted molar refractivity (Wildman–Crippen MR) is 97.0 cm³/mol. The summed E-state index contributed by atoms with van der Waals surface area (Å²) in [7, 11) is 0. The summed E-state index contributed by atoms with van der Waals surface area (Å²) in [4.78, 5) is 14.2. The standard InChI is InChI=1S/C19H30N2O4/c1-3-21-10-6-8-16(21)12-20-13-17(22)14-25-18-9-5-7-15(11-18)19(23)24-4-2/h5,7,9,11,16-17,20,22H,3-4,6,8,10,12-14H2,1-2H3/t16-,17-/m1/s1. The molecule has 0 spiro atoms. The molecule has 0 aromatic heterocycles. The van der Waals surface area contributed by atoms with Gasteiger partial charge in [0, 0.05) is 19.1 Å². The van der Waals surface area contributed by atoms with Gasteiger partial charge in [-0.25, -0.2) is 4.79 Å². The molecular formula is C19H30N2O4. The lowest BCUT2D eigenvalue weighted by Gasteiger charge is -2.23. The van der Waals surface area contributed by atoms with Crippen molar-refractivity contribution >= 4 is 5.97 Å². The first-order valence-corrected chi connectivity index (χ1v) is 9.16. The van der Waals surface area contributed by atoms with E-state index in [4.69, 9.17) is 9.47 Å². The average Bonchev–Trinajstić information content (AvgIpc) is 3.08. The Morgan fingerprint density at radius 2 is 2.28 bits per heavy atom. The fourth-order valence-corrected chi connectivity index (χ4v) is 3.14. The van der Waals surface area contributed by atoms with E-state index in [-0.39, 0.29) is 12.6 Å². The highest BCUT2D eigenvalue weighted by Crippen LogP contribution is 2.16. The molecule has 2 rings (SSSR count). The first-order valence-electron chi connectivity index (χ1n) is 9.16. The van der Waals surface area contributed by atoms with Crippen molar-refractivity contribution in [3.05, 3.63) is 29.8 Å². The Balaban J connectivity index is 1.70. The number of carbonyl (C=O) groups excluding carboxylic acids is 1. The summed E-state index contributed by atoms with van der Waals surface area (Å²) in [5, 5.41) is 13.4. The van der Waals surface area contributed by atoms with Gasteiger partial charge in [-0.3, -0.25) is 4.90 Å². The minimum Gasteiger partial charge on any atom is -0.491 e. The number of hydrogen-bond acceptors (Lipinski definition) is 6. The molecule has 1 aromatic carbocycles. The van der Waals surface area contributed by atoms with Crippen molar-refractivity contribution in [3.63, 3.8) is 0 Å². The van der Waals surface area contributed by atoms with Crippen LogP contribution in [0.4, 0.5) is 0 Å². The number of aliphatic hydroxyl groups is 1. The third-order valence-corrected chi connectivity index (χ3v) is 4.45. The number of likely N-dealkylation sites (tertiary alicyclic amines) is 1. The molecule has 140 valence electrons. The van der Waals surface area contributed by atoms with Crippen LogP contribution < -0.4 is 10.1 Å². The van der Waals surface area contributed by atoms with Gasteiger partial charge in [-0.05, 0) is 51.1 Å². The van der Waals surface area contributed by atoms with Crippen LogP contribution in [0, 0.1) is 0 Å². The highest BCUT2D eigenvalue weighted by molar-refractivity contribution is 5.89. The fourth-order valence-electron chi connectivity index (χ4n) is 3.14. The molecular weight excluding hydrogens is 320 g/mol. The molecule has 1 aromatic rings. The van der Waals surface area contributed by atoms with Crippen LogP contribution in [0.3, 0.4) is 0 Å². The first-order chi connectivity index (χ1) is 12.1. The number of carbonyl (C=O) groups is 1. The van der Waals surface area contributed by atoms with Crippen LogP contribution in [0.15, 0.2) is 24.3 Å². The number of likely N-dealkylation sites (N-methyl/N-ethyl adjacent to an activating group) is 1. The number of aliphatic hydroxyl groups excluding tert-OH is 1. The number of rotatable bonds is 10. The molecule has 0 radical (unpaired) electrons. The third kappa shape index (κ3) is 6.30. The zero-order chi connectivity index (χ0) is 18.1. The van der Waals surface area contributed by atoms with Gasteiger partial charge in [0.25, 0.3) is 0 Å². The summed E-state index contributed by atoms with van der Waals surface area (Å²) in [6, 6.07) is 7.39. The summed E-state index contributed by atoms with van der Waals surface area (Å²) >= 11 is 0. The lowest BCUT2D eigenvalue weighted by Crippen LogP contribution is -2.41.